The molecule has 1 aliphatic carbocycles. The van der Waals surface area contributed by atoms with Crippen LogP contribution in [0, 0.1) is 6.92 Å². The highest BCUT2D eigenvalue weighted by Gasteiger charge is 2.22. The second-order valence-corrected chi connectivity index (χ2v) is 4.41. The summed E-state index contributed by atoms with van der Waals surface area (Å²) < 4.78 is 0. The number of rotatable bonds is 5. The number of carbonyl (C=O) groups is 1. The van der Waals surface area contributed by atoms with Crippen LogP contribution in [0.3, 0.4) is 0 Å². The van der Waals surface area contributed by atoms with Crippen molar-refractivity contribution in [3.05, 3.63) is 17.8 Å². The van der Waals surface area contributed by atoms with E-state index < -0.39 is 0 Å². The van der Waals surface area contributed by atoms with Gasteiger partial charge in [-0.1, -0.05) is 0 Å². The van der Waals surface area contributed by atoms with Gasteiger partial charge in [-0.05, 0) is 31.4 Å². The van der Waals surface area contributed by atoms with Crippen LogP contribution in [0.4, 0.5) is 11.5 Å². The van der Waals surface area contributed by atoms with E-state index in [4.69, 9.17) is 5.73 Å². The number of nitrogen functional groups attached to an aromatic ring is 1. The normalized spacial score (nSPS) is 14.4. The number of nitrogens with one attached hydrogen (secondary N) is 2. The number of pyridine rings is 1. The van der Waals surface area contributed by atoms with E-state index in [1.165, 1.54) is 0 Å². The minimum absolute atomic E-state index is 0.0891. The first-order chi connectivity index (χ1) is 8.16. The lowest BCUT2D eigenvalue weighted by Crippen LogP contribution is -2.27. The van der Waals surface area contributed by atoms with Crippen molar-refractivity contribution < 1.29 is 4.79 Å². The Morgan fingerprint density at radius 2 is 2.35 bits per heavy atom. The highest BCUT2D eigenvalue weighted by molar-refractivity contribution is 5.77. The van der Waals surface area contributed by atoms with Crippen molar-refractivity contribution in [3.63, 3.8) is 0 Å². The monoisotopic (exact) mass is 234 g/mol. The van der Waals surface area contributed by atoms with E-state index in [0.29, 0.717) is 30.5 Å². The summed E-state index contributed by atoms with van der Waals surface area (Å²) in [6.07, 6.45) is 4.39. The van der Waals surface area contributed by atoms with Crippen LogP contribution in [-0.4, -0.2) is 23.5 Å². The number of aromatic nitrogens is 1. The molecule has 0 radical (unpaired) electrons. The maximum atomic E-state index is 11.4. The fourth-order valence-corrected chi connectivity index (χ4v) is 1.53. The lowest BCUT2D eigenvalue weighted by molar-refractivity contribution is -0.120. The summed E-state index contributed by atoms with van der Waals surface area (Å²) in [6.45, 7) is 2.49. The molecule has 1 saturated carbocycles. The van der Waals surface area contributed by atoms with Gasteiger partial charge in [-0.3, -0.25) is 4.79 Å². The molecule has 0 atom stereocenters. The van der Waals surface area contributed by atoms with Gasteiger partial charge in [-0.2, -0.15) is 0 Å². The van der Waals surface area contributed by atoms with Crippen LogP contribution >= 0.6 is 0 Å². The van der Waals surface area contributed by atoms with Gasteiger partial charge in [0.05, 0.1) is 5.69 Å². The Hall–Kier alpha value is -1.78. The van der Waals surface area contributed by atoms with E-state index >= 15 is 0 Å². The predicted molar refractivity (Wildman–Crippen MR) is 67.7 cm³/mol. The van der Waals surface area contributed by atoms with Gasteiger partial charge >= 0.3 is 0 Å². The number of nitrogens with two attached hydrogens (primary N) is 1. The summed E-state index contributed by atoms with van der Waals surface area (Å²) in [5.41, 5.74) is 7.50. The van der Waals surface area contributed by atoms with Crippen molar-refractivity contribution in [3.8, 4) is 0 Å². The third-order valence-corrected chi connectivity index (χ3v) is 2.80. The lowest BCUT2D eigenvalue weighted by Gasteiger charge is -2.09. The molecular formula is C12H18N4O. The molecule has 5 nitrogen and oxygen atoms in total. The van der Waals surface area contributed by atoms with E-state index in [1.807, 2.05) is 13.0 Å². The largest absolute Gasteiger partial charge is 0.396 e. The van der Waals surface area contributed by atoms with Gasteiger partial charge in [-0.25, -0.2) is 4.98 Å². The first kappa shape index (κ1) is 11.7. The van der Waals surface area contributed by atoms with Crippen LogP contribution in [0.25, 0.3) is 0 Å². The van der Waals surface area contributed by atoms with Crippen LogP contribution < -0.4 is 16.4 Å². The van der Waals surface area contributed by atoms with E-state index in [0.717, 1.165) is 18.4 Å². The Balaban J connectivity index is 1.77. The van der Waals surface area contributed by atoms with Gasteiger partial charge in [0.2, 0.25) is 5.91 Å². The molecule has 92 valence electrons. The molecule has 1 heterocycles. The molecule has 0 aromatic carbocycles. The zero-order valence-electron chi connectivity index (χ0n) is 9.99. The van der Waals surface area contributed by atoms with E-state index in [-0.39, 0.29) is 5.91 Å². The van der Waals surface area contributed by atoms with Gasteiger partial charge in [-0.15, -0.1) is 0 Å². The molecule has 4 N–H and O–H groups in total. The number of anilines is 2. The molecule has 1 aromatic heterocycles. The molecule has 2 rings (SSSR count). The van der Waals surface area contributed by atoms with E-state index in [9.17, 15) is 4.79 Å². The van der Waals surface area contributed by atoms with Crippen LogP contribution in [-0.2, 0) is 4.79 Å². The van der Waals surface area contributed by atoms with Crippen molar-refractivity contribution in [2.75, 3.05) is 17.6 Å². The van der Waals surface area contributed by atoms with Crippen molar-refractivity contribution in [2.24, 2.45) is 0 Å². The van der Waals surface area contributed by atoms with Crippen LogP contribution in [0.2, 0.25) is 0 Å². The number of amides is 1. The molecule has 0 aliphatic heterocycles. The van der Waals surface area contributed by atoms with Crippen molar-refractivity contribution in [1.29, 1.82) is 0 Å². The summed E-state index contributed by atoms with van der Waals surface area (Å²) in [7, 11) is 0. The fraction of sp³-hybridized carbons (Fsp3) is 0.500. The molecule has 5 heteroatoms. The number of nitrogens with zero attached hydrogens (tertiary/aromatic N) is 1. The Bertz CT molecular complexity index is 415. The second kappa shape index (κ2) is 5.03. The number of aryl methyl sites for hydroxylation is 1. The van der Waals surface area contributed by atoms with Crippen LogP contribution in [0.1, 0.15) is 24.8 Å². The third kappa shape index (κ3) is 3.34. The molecule has 0 unspecified atom stereocenters. The maximum absolute atomic E-state index is 11.4. The van der Waals surface area contributed by atoms with Crippen molar-refractivity contribution >= 4 is 17.4 Å². The Morgan fingerprint density at radius 3 is 3.06 bits per heavy atom. The molecule has 1 amide bonds. The quantitative estimate of drug-likeness (QED) is 0.711. The van der Waals surface area contributed by atoms with Gasteiger partial charge in [0.25, 0.3) is 0 Å². The fourth-order valence-electron chi connectivity index (χ4n) is 1.53. The zero-order valence-corrected chi connectivity index (χ0v) is 9.99. The van der Waals surface area contributed by atoms with Gasteiger partial charge in [0, 0.05) is 25.2 Å². The lowest BCUT2D eigenvalue weighted by atomic mass is 10.2. The highest BCUT2D eigenvalue weighted by Crippen LogP contribution is 2.19. The van der Waals surface area contributed by atoms with Crippen molar-refractivity contribution in [2.45, 2.75) is 32.2 Å². The summed E-state index contributed by atoms with van der Waals surface area (Å²) in [5, 5.41) is 6.02. The molecule has 1 aliphatic rings. The molecule has 0 spiro atoms. The van der Waals surface area contributed by atoms with Crippen LogP contribution in [0.5, 0.6) is 0 Å². The standard InChI is InChI=1S/C12H18N4O/c1-8-4-6-14-12(11(8)13)15-7-5-10(17)16-9-2-3-9/h4,6,9H,2-3,5,7,13H2,1H3,(H,14,15)(H,16,17). The van der Waals surface area contributed by atoms with Crippen LogP contribution in [0.15, 0.2) is 12.3 Å². The maximum Gasteiger partial charge on any atom is 0.221 e. The molecule has 1 fully saturated rings. The first-order valence-corrected chi connectivity index (χ1v) is 5.91. The number of carbonyl (C=O) groups excluding carboxylic acids is 1. The van der Waals surface area contributed by atoms with E-state index in [1.54, 1.807) is 6.20 Å². The average molecular weight is 234 g/mol. The second-order valence-electron chi connectivity index (χ2n) is 4.41. The summed E-state index contributed by atoms with van der Waals surface area (Å²) >= 11 is 0. The Morgan fingerprint density at radius 1 is 1.59 bits per heavy atom. The van der Waals surface area contributed by atoms with Crippen molar-refractivity contribution in [1.82, 2.24) is 10.3 Å². The predicted octanol–water partition coefficient (Wildman–Crippen LogP) is 1.05. The number of hydrogen-bond donors (Lipinski definition) is 3. The van der Waals surface area contributed by atoms with Gasteiger partial charge < -0.3 is 16.4 Å². The molecule has 0 bridgehead atoms. The summed E-state index contributed by atoms with van der Waals surface area (Å²) in [4.78, 5) is 15.6. The van der Waals surface area contributed by atoms with Gasteiger partial charge in [0.15, 0.2) is 0 Å². The minimum Gasteiger partial charge on any atom is -0.396 e. The zero-order chi connectivity index (χ0) is 12.3. The Kier molecular flexibility index (Phi) is 3.46. The van der Waals surface area contributed by atoms with E-state index in [2.05, 4.69) is 15.6 Å². The smallest absolute Gasteiger partial charge is 0.221 e. The SMILES string of the molecule is Cc1ccnc(NCCC(=O)NC2CC2)c1N. The third-order valence-electron chi connectivity index (χ3n) is 2.80. The Labute approximate surface area is 101 Å². The number of hydrogen-bond acceptors (Lipinski definition) is 4. The highest BCUT2D eigenvalue weighted by atomic mass is 16.1. The minimum atomic E-state index is 0.0891. The summed E-state index contributed by atoms with van der Waals surface area (Å²) in [6, 6.07) is 2.28. The molecule has 1 aromatic rings. The molecular weight excluding hydrogens is 216 g/mol. The molecule has 0 saturated heterocycles. The molecule has 17 heavy (non-hydrogen) atoms. The summed E-state index contributed by atoms with van der Waals surface area (Å²) in [5.74, 6) is 0.746. The first-order valence-electron chi connectivity index (χ1n) is 5.91. The topological polar surface area (TPSA) is 80.0 Å². The average Bonchev–Trinajstić information content (AvgIpc) is 3.08. The van der Waals surface area contributed by atoms with Gasteiger partial charge in [0.1, 0.15) is 5.82 Å².